The first-order valence-corrected chi connectivity index (χ1v) is 7.79. The van der Waals surface area contributed by atoms with Gasteiger partial charge in [0.15, 0.2) is 5.69 Å². The molecule has 0 bridgehead atoms. The van der Waals surface area contributed by atoms with Gasteiger partial charge in [0.25, 0.3) is 0 Å². The van der Waals surface area contributed by atoms with Crippen LogP contribution >= 0.6 is 11.5 Å². The van der Waals surface area contributed by atoms with Crippen molar-refractivity contribution >= 4 is 28.6 Å². The van der Waals surface area contributed by atoms with Crippen LogP contribution in [0.5, 0.6) is 5.06 Å². The van der Waals surface area contributed by atoms with Crippen LogP contribution in [0.3, 0.4) is 0 Å². The van der Waals surface area contributed by atoms with Crippen LogP contribution in [0, 0.1) is 0 Å². The molecule has 3 aromatic rings. The van der Waals surface area contributed by atoms with Crippen LogP contribution in [0.4, 0.5) is 4.79 Å². The van der Waals surface area contributed by atoms with Gasteiger partial charge in [-0.3, -0.25) is 0 Å². The molecule has 0 radical (unpaired) electrons. The first-order valence-electron chi connectivity index (χ1n) is 7.02. The third kappa shape index (κ3) is 3.62. The zero-order valence-electron chi connectivity index (χ0n) is 12.9. The van der Waals surface area contributed by atoms with Gasteiger partial charge in [0, 0.05) is 16.9 Å². The molecular weight excluding hydrogens is 314 g/mol. The molecule has 0 atom stereocenters. The lowest BCUT2D eigenvalue weighted by Crippen LogP contribution is -2.25. The van der Waals surface area contributed by atoms with Gasteiger partial charge in [0.05, 0.1) is 11.2 Å². The summed E-state index contributed by atoms with van der Waals surface area (Å²) in [5.41, 5.74) is 1.22. The van der Waals surface area contributed by atoms with Crippen LogP contribution < -0.4 is 4.74 Å². The molecule has 0 N–H and O–H groups in total. The smallest absolute Gasteiger partial charge is 0.428 e. The number of carbonyl (C=O) groups is 1. The van der Waals surface area contributed by atoms with Crippen LogP contribution in [0.2, 0.25) is 0 Å². The van der Waals surface area contributed by atoms with Crippen LogP contribution in [0.25, 0.3) is 22.3 Å². The topological polar surface area (TPSA) is 74.2 Å². The van der Waals surface area contributed by atoms with E-state index < -0.39 is 11.8 Å². The van der Waals surface area contributed by atoms with E-state index in [-0.39, 0.29) is 5.06 Å². The van der Waals surface area contributed by atoms with Gasteiger partial charge in [-0.25, -0.2) is 9.78 Å². The van der Waals surface area contributed by atoms with Crippen LogP contribution in [0.1, 0.15) is 20.8 Å². The van der Waals surface area contributed by atoms with Crippen molar-refractivity contribution in [1.82, 2.24) is 14.6 Å². The van der Waals surface area contributed by atoms with Gasteiger partial charge in [-0.2, -0.15) is 0 Å². The molecule has 7 heteroatoms. The highest BCUT2D eigenvalue weighted by Crippen LogP contribution is 2.31. The number of ether oxygens (including phenoxy) is 2. The molecule has 0 aliphatic rings. The number of nitrogens with zero attached hydrogens (tertiary/aromatic N) is 3. The highest BCUT2D eigenvalue weighted by molar-refractivity contribution is 7.08. The average Bonchev–Trinajstić information content (AvgIpc) is 2.92. The minimum absolute atomic E-state index is 0.266. The summed E-state index contributed by atoms with van der Waals surface area (Å²) in [7, 11) is 0. The fourth-order valence-electron chi connectivity index (χ4n) is 1.95. The molecule has 3 rings (SSSR count). The fourth-order valence-corrected chi connectivity index (χ4v) is 2.48. The standard InChI is InChI=1S/C16H15N3O3S/c1-16(2,3)22-15(20)21-14-13(18-19-23-14)12-9-8-10-6-4-5-7-11(10)17-12/h4-9H,1-3H3. The van der Waals surface area contributed by atoms with Crippen molar-refractivity contribution in [2.45, 2.75) is 26.4 Å². The van der Waals surface area contributed by atoms with E-state index in [9.17, 15) is 4.79 Å². The van der Waals surface area contributed by atoms with Crippen molar-refractivity contribution in [3.63, 3.8) is 0 Å². The zero-order valence-corrected chi connectivity index (χ0v) is 13.8. The monoisotopic (exact) mass is 329 g/mol. The maximum Gasteiger partial charge on any atom is 0.515 e. The molecule has 0 aliphatic heterocycles. The molecule has 0 amide bonds. The second kappa shape index (κ2) is 5.92. The molecule has 0 unspecified atom stereocenters. The maximum atomic E-state index is 11.8. The van der Waals surface area contributed by atoms with Crippen molar-refractivity contribution in [3.8, 4) is 16.5 Å². The summed E-state index contributed by atoms with van der Waals surface area (Å²) < 4.78 is 14.2. The molecular formula is C16H15N3O3S. The fraction of sp³-hybridized carbons (Fsp3) is 0.250. The second-order valence-electron chi connectivity index (χ2n) is 5.86. The van der Waals surface area contributed by atoms with Crippen molar-refractivity contribution in [2.24, 2.45) is 0 Å². The van der Waals surface area contributed by atoms with Gasteiger partial charge in [0.2, 0.25) is 5.06 Å². The zero-order chi connectivity index (χ0) is 16.4. The quantitative estimate of drug-likeness (QED) is 0.660. The van der Waals surface area contributed by atoms with Crippen LogP contribution in [-0.2, 0) is 4.74 Å². The summed E-state index contributed by atoms with van der Waals surface area (Å²) in [6.45, 7) is 5.31. The molecule has 0 saturated carbocycles. The molecule has 0 saturated heterocycles. The molecule has 0 fully saturated rings. The summed E-state index contributed by atoms with van der Waals surface area (Å²) in [5, 5.41) is 5.30. The van der Waals surface area contributed by atoms with Crippen molar-refractivity contribution < 1.29 is 14.3 Å². The predicted octanol–water partition coefficient (Wildman–Crippen LogP) is 4.07. The molecule has 6 nitrogen and oxygen atoms in total. The van der Waals surface area contributed by atoms with Crippen LogP contribution in [-0.4, -0.2) is 26.3 Å². The Morgan fingerprint density at radius 2 is 1.91 bits per heavy atom. The van der Waals surface area contributed by atoms with Gasteiger partial charge < -0.3 is 9.47 Å². The molecule has 2 heterocycles. The number of aromatic nitrogens is 3. The van der Waals surface area contributed by atoms with E-state index in [1.54, 1.807) is 20.8 Å². The summed E-state index contributed by atoms with van der Waals surface area (Å²) in [4.78, 5) is 16.3. The van der Waals surface area contributed by atoms with Gasteiger partial charge in [-0.15, -0.1) is 5.10 Å². The molecule has 1 aromatic carbocycles. The number of fused-ring (bicyclic) bond motifs is 1. The predicted molar refractivity (Wildman–Crippen MR) is 87.5 cm³/mol. The summed E-state index contributed by atoms with van der Waals surface area (Å²) in [6, 6.07) is 11.5. The Morgan fingerprint density at radius 1 is 1.13 bits per heavy atom. The molecule has 0 spiro atoms. The third-order valence-electron chi connectivity index (χ3n) is 2.86. The second-order valence-corrected chi connectivity index (χ2v) is 6.58. The SMILES string of the molecule is CC(C)(C)OC(=O)Oc1snnc1-c1ccc2ccccc2n1. The lowest BCUT2D eigenvalue weighted by atomic mass is 10.2. The van der Waals surface area contributed by atoms with Gasteiger partial charge in [0.1, 0.15) is 5.60 Å². The van der Waals surface area contributed by atoms with Crippen molar-refractivity contribution in [2.75, 3.05) is 0 Å². The Hall–Kier alpha value is -2.54. The van der Waals surface area contributed by atoms with Gasteiger partial charge >= 0.3 is 6.16 Å². The Balaban J connectivity index is 1.89. The van der Waals surface area contributed by atoms with Gasteiger partial charge in [-0.1, -0.05) is 28.8 Å². The number of hydrogen-bond acceptors (Lipinski definition) is 7. The minimum Gasteiger partial charge on any atom is -0.428 e. The van der Waals surface area contributed by atoms with Crippen molar-refractivity contribution in [1.29, 1.82) is 0 Å². The number of benzene rings is 1. The largest absolute Gasteiger partial charge is 0.515 e. The first-order chi connectivity index (χ1) is 10.9. The lowest BCUT2D eigenvalue weighted by Gasteiger charge is -2.18. The van der Waals surface area contributed by atoms with Crippen LogP contribution in [0.15, 0.2) is 36.4 Å². The third-order valence-corrected chi connectivity index (χ3v) is 3.47. The molecule has 2 aromatic heterocycles. The van der Waals surface area contributed by atoms with Gasteiger partial charge in [-0.05, 0) is 32.9 Å². The molecule has 0 aliphatic carbocycles. The van der Waals surface area contributed by atoms with E-state index in [4.69, 9.17) is 9.47 Å². The highest BCUT2D eigenvalue weighted by Gasteiger charge is 2.22. The Morgan fingerprint density at radius 3 is 2.70 bits per heavy atom. The van der Waals surface area contributed by atoms with E-state index in [0.717, 1.165) is 22.4 Å². The number of hydrogen-bond donors (Lipinski definition) is 0. The minimum atomic E-state index is -0.786. The Bertz CT molecular complexity index is 855. The average molecular weight is 329 g/mol. The number of para-hydroxylation sites is 1. The maximum absolute atomic E-state index is 11.8. The van der Waals surface area contributed by atoms with Crippen molar-refractivity contribution in [3.05, 3.63) is 36.4 Å². The molecule has 23 heavy (non-hydrogen) atoms. The number of pyridine rings is 1. The summed E-state index contributed by atoms with van der Waals surface area (Å²) in [5.74, 6) is 0. The Labute approximate surface area is 137 Å². The van der Waals surface area contributed by atoms with E-state index in [1.165, 1.54) is 0 Å². The Kier molecular flexibility index (Phi) is 3.96. The normalized spacial score (nSPS) is 11.4. The summed E-state index contributed by atoms with van der Waals surface area (Å²) >= 11 is 0.980. The van der Waals surface area contributed by atoms with E-state index in [0.29, 0.717) is 11.4 Å². The van der Waals surface area contributed by atoms with E-state index >= 15 is 0 Å². The number of carbonyl (C=O) groups excluding carboxylic acids is 1. The van der Waals surface area contributed by atoms with E-state index in [2.05, 4.69) is 14.6 Å². The first kappa shape index (κ1) is 15.4. The van der Waals surface area contributed by atoms with E-state index in [1.807, 2.05) is 36.4 Å². The molecule has 118 valence electrons. The lowest BCUT2D eigenvalue weighted by molar-refractivity contribution is 0.0214. The number of rotatable bonds is 2. The summed E-state index contributed by atoms with van der Waals surface area (Å²) in [6.07, 6.45) is -0.786. The highest BCUT2D eigenvalue weighted by atomic mass is 32.1.